The molecule has 4 bridgehead atoms. The molecule has 0 aromatic heterocycles. The topological polar surface area (TPSA) is 32.7 Å². The van der Waals surface area contributed by atoms with Gasteiger partial charge >= 0.3 is 0 Å². The van der Waals surface area contributed by atoms with Gasteiger partial charge in [0.05, 0.1) is 0 Å². The van der Waals surface area contributed by atoms with Crippen LogP contribution in [0.15, 0.2) is 0 Å². The number of aliphatic hydroxyl groups is 1. The van der Waals surface area contributed by atoms with E-state index in [0.717, 1.165) is 24.7 Å². The number of hydrogen-bond donors (Lipinski definition) is 1. The molecule has 5 heteroatoms. The molecule has 0 radical (unpaired) electrons. The summed E-state index contributed by atoms with van der Waals surface area (Å²) in [5, 5.41) is 10.3. The van der Waals surface area contributed by atoms with E-state index in [2.05, 4.69) is 0 Å². The lowest BCUT2D eigenvalue weighted by molar-refractivity contribution is 0.102. The lowest BCUT2D eigenvalue weighted by Crippen LogP contribution is -2.47. The first-order valence-electron chi connectivity index (χ1n) is 8.34. The minimum atomic E-state index is -0.0966. The molecule has 6 atom stereocenters. The number of aliphatic hydroxyl groups excluding tert-OH is 1. The van der Waals surface area contributed by atoms with Gasteiger partial charge in [0.15, 0.2) is 0 Å². The SMILES string of the molecule is OC(=S)N(C(=S)OC1CC2CCC1C2)C1CC2CCC1C2. The highest BCUT2D eigenvalue weighted by Gasteiger charge is 2.46. The van der Waals surface area contributed by atoms with Gasteiger partial charge in [0.25, 0.3) is 10.3 Å². The molecule has 4 fully saturated rings. The molecule has 4 rings (SSSR count). The van der Waals surface area contributed by atoms with Crippen LogP contribution < -0.4 is 0 Å². The van der Waals surface area contributed by atoms with Gasteiger partial charge in [-0.05, 0) is 93.1 Å². The quantitative estimate of drug-likeness (QED) is 0.781. The lowest BCUT2D eigenvalue weighted by atomic mass is 9.94. The third-order valence-corrected chi connectivity index (χ3v) is 6.85. The zero-order valence-electron chi connectivity index (χ0n) is 12.2. The van der Waals surface area contributed by atoms with Crippen molar-refractivity contribution in [2.75, 3.05) is 0 Å². The van der Waals surface area contributed by atoms with Gasteiger partial charge in [-0.3, -0.25) is 4.90 Å². The molecule has 0 saturated heterocycles. The van der Waals surface area contributed by atoms with Crippen molar-refractivity contribution in [1.82, 2.24) is 4.90 Å². The Labute approximate surface area is 137 Å². The summed E-state index contributed by atoms with van der Waals surface area (Å²) in [6.07, 6.45) is 10.2. The van der Waals surface area contributed by atoms with Crippen molar-refractivity contribution in [3.63, 3.8) is 0 Å². The predicted molar refractivity (Wildman–Crippen MR) is 89.2 cm³/mol. The molecule has 1 N–H and O–H groups in total. The minimum absolute atomic E-state index is 0.0966. The van der Waals surface area contributed by atoms with Gasteiger partial charge in [-0.25, -0.2) is 0 Å². The number of thiocarbonyl (C=S) groups is 2. The number of ether oxygens (including phenoxy) is 1. The Hall–Kier alpha value is -0.420. The largest absolute Gasteiger partial charge is 0.486 e. The third-order valence-electron chi connectivity index (χ3n) is 6.36. The monoisotopic (exact) mass is 325 g/mol. The Morgan fingerprint density at radius 1 is 0.905 bits per heavy atom. The number of rotatable bonds is 2. The number of hydrogen-bond acceptors (Lipinski definition) is 3. The average molecular weight is 325 g/mol. The van der Waals surface area contributed by atoms with Crippen LogP contribution in [0.25, 0.3) is 0 Å². The second-order valence-corrected chi connectivity index (χ2v) is 8.21. The van der Waals surface area contributed by atoms with Crippen LogP contribution in [0.1, 0.15) is 51.4 Å². The molecule has 4 saturated carbocycles. The Morgan fingerprint density at radius 2 is 1.57 bits per heavy atom. The first kappa shape index (κ1) is 14.2. The molecule has 0 amide bonds. The molecule has 0 aromatic carbocycles. The molecule has 4 aliphatic carbocycles. The van der Waals surface area contributed by atoms with Gasteiger partial charge in [0, 0.05) is 6.04 Å². The molecule has 6 unspecified atom stereocenters. The van der Waals surface area contributed by atoms with Gasteiger partial charge < -0.3 is 9.84 Å². The van der Waals surface area contributed by atoms with Crippen molar-refractivity contribution >= 4 is 34.8 Å². The van der Waals surface area contributed by atoms with E-state index >= 15 is 0 Å². The maximum absolute atomic E-state index is 9.97. The highest BCUT2D eigenvalue weighted by molar-refractivity contribution is 7.81. The van der Waals surface area contributed by atoms with E-state index in [4.69, 9.17) is 29.2 Å². The van der Waals surface area contributed by atoms with Gasteiger partial charge in [-0.1, -0.05) is 6.42 Å². The van der Waals surface area contributed by atoms with Crippen LogP contribution >= 0.6 is 24.4 Å². The molecular weight excluding hydrogens is 302 g/mol. The Kier molecular flexibility index (Phi) is 3.61. The highest BCUT2D eigenvalue weighted by atomic mass is 32.1. The van der Waals surface area contributed by atoms with Crippen LogP contribution in [0, 0.1) is 23.7 Å². The number of nitrogens with zero attached hydrogens (tertiary/aromatic N) is 1. The predicted octanol–water partition coefficient (Wildman–Crippen LogP) is 3.81. The third kappa shape index (κ3) is 2.46. The fourth-order valence-corrected chi connectivity index (χ4v) is 6.02. The van der Waals surface area contributed by atoms with Crippen molar-refractivity contribution in [1.29, 1.82) is 0 Å². The lowest BCUT2D eigenvalue weighted by Gasteiger charge is -2.35. The van der Waals surface area contributed by atoms with Crippen LogP contribution in [0.3, 0.4) is 0 Å². The molecule has 0 spiro atoms. The van der Waals surface area contributed by atoms with Crippen molar-refractivity contribution in [2.45, 2.75) is 63.5 Å². The molecule has 0 heterocycles. The maximum Gasteiger partial charge on any atom is 0.267 e. The van der Waals surface area contributed by atoms with E-state index in [1.165, 1.54) is 38.5 Å². The van der Waals surface area contributed by atoms with Crippen molar-refractivity contribution in [3.05, 3.63) is 0 Å². The smallest absolute Gasteiger partial charge is 0.267 e. The van der Waals surface area contributed by atoms with E-state index in [9.17, 15) is 5.11 Å². The Bertz CT molecular complexity index is 469. The van der Waals surface area contributed by atoms with Crippen molar-refractivity contribution < 1.29 is 9.84 Å². The summed E-state index contributed by atoms with van der Waals surface area (Å²) < 4.78 is 6.10. The van der Waals surface area contributed by atoms with Crippen LogP contribution in [0.4, 0.5) is 0 Å². The zero-order valence-corrected chi connectivity index (χ0v) is 13.9. The van der Waals surface area contributed by atoms with E-state index in [-0.39, 0.29) is 17.3 Å². The molecular formula is C16H23NO2S2. The molecule has 21 heavy (non-hydrogen) atoms. The summed E-state index contributed by atoms with van der Waals surface area (Å²) in [5.74, 6) is 2.92. The van der Waals surface area contributed by atoms with E-state index < -0.39 is 0 Å². The van der Waals surface area contributed by atoms with Crippen LogP contribution in [-0.4, -0.2) is 32.5 Å². The maximum atomic E-state index is 9.97. The standard InChI is InChI=1S/C16H23NO2S2/c18-15(20)17(13-7-9-1-3-11(13)5-9)16(21)19-14-8-10-2-4-12(14)6-10/h9-14H,1-8H2,(H,18,20). The summed E-state index contributed by atoms with van der Waals surface area (Å²) in [6.45, 7) is 0. The summed E-state index contributed by atoms with van der Waals surface area (Å²) >= 11 is 10.6. The van der Waals surface area contributed by atoms with E-state index in [1.807, 2.05) is 0 Å². The van der Waals surface area contributed by atoms with Crippen LogP contribution in [0.5, 0.6) is 0 Å². The summed E-state index contributed by atoms with van der Waals surface area (Å²) in [5.41, 5.74) is 0. The Balaban J connectivity index is 1.44. The van der Waals surface area contributed by atoms with Gasteiger partial charge in [-0.2, -0.15) is 0 Å². The fourth-order valence-electron chi connectivity index (χ4n) is 5.40. The molecule has 0 aliphatic heterocycles. The van der Waals surface area contributed by atoms with Gasteiger partial charge in [0.1, 0.15) is 6.10 Å². The average Bonchev–Trinajstić information content (AvgIpc) is 3.18. The summed E-state index contributed by atoms with van der Waals surface area (Å²) in [7, 11) is 0. The molecule has 116 valence electrons. The van der Waals surface area contributed by atoms with Crippen molar-refractivity contribution in [3.8, 4) is 0 Å². The zero-order chi connectivity index (χ0) is 14.6. The van der Waals surface area contributed by atoms with Crippen LogP contribution in [0.2, 0.25) is 0 Å². The van der Waals surface area contributed by atoms with E-state index in [1.54, 1.807) is 4.90 Å². The van der Waals surface area contributed by atoms with Crippen molar-refractivity contribution in [2.24, 2.45) is 23.7 Å². The summed E-state index contributed by atoms with van der Waals surface area (Å²) in [6, 6.07) is 0.271. The second kappa shape index (κ2) is 5.34. The second-order valence-electron chi connectivity index (χ2n) is 7.49. The van der Waals surface area contributed by atoms with Gasteiger partial charge in [-0.15, -0.1) is 0 Å². The minimum Gasteiger partial charge on any atom is -0.486 e. The molecule has 4 aliphatic rings. The first-order valence-corrected chi connectivity index (χ1v) is 9.16. The fraction of sp³-hybridized carbons (Fsp3) is 0.875. The number of fused-ring (bicyclic) bond motifs is 4. The van der Waals surface area contributed by atoms with Crippen LogP contribution in [-0.2, 0) is 4.74 Å². The molecule has 0 aromatic rings. The molecule has 3 nitrogen and oxygen atoms in total. The summed E-state index contributed by atoms with van der Waals surface area (Å²) in [4.78, 5) is 1.75. The first-order chi connectivity index (χ1) is 10.1. The normalized spacial score (nSPS) is 43.2. The van der Waals surface area contributed by atoms with E-state index in [0.29, 0.717) is 17.0 Å². The highest BCUT2D eigenvalue weighted by Crippen LogP contribution is 2.48. The van der Waals surface area contributed by atoms with Gasteiger partial charge in [0.2, 0.25) is 0 Å². The Morgan fingerprint density at radius 3 is 2.05 bits per heavy atom.